The van der Waals surface area contributed by atoms with E-state index in [1.807, 2.05) is 54.1 Å². The highest BCUT2D eigenvalue weighted by atomic mass is 16.6. The number of benzene rings is 2. The molecule has 0 radical (unpaired) electrons. The number of nitro benzene ring substituents is 1. The third-order valence-electron chi connectivity index (χ3n) is 5.63. The Labute approximate surface area is 168 Å². The molecule has 4 aromatic rings. The minimum atomic E-state index is -0.361. The van der Waals surface area contributed by atoms with Crippen molar-refractivity contribution in [2.24, 2.45) is 0 Å². The van der Waals surface area contributed by atoms with Crippen LogP contribution in [0, 0.1) is 17.0 Å². The third kappa shape index (κ3) is 2.88. The molecule has 6 nitrogen and oxygen atoms in total. The highest BCUT2D eigenvalue weighted by molar-refractivity contribution is 5.98. The zero-order valence-corrected chi connectivity index (χ0v) is 16.1. The Bertz CT molecular complexity index is 1230. The summed E-state index contributed by atoms with van der Waals surface area (Å²) in [4.78, 5) is 15.8. The van der Waals surface area contributed by atoms with E-state index in [2.05, 4.69) is 0 Å². The molecule has 0 spiro atoms. The molecule has 144 valence electrons. The zero-order chi connectivity index (χ0) is 20.0. The van der Waals surface area contributed by atoms with Gasteiger partial charge < -0.3 is 0 Å². The van der Waals surface area contributed by atoms with Gasteiger partial charge in [0, 0.05) is 17.8 Å². The molecular weight excluding hydrogens is 364 g/mol. The molecule has 2 aromatic carbocycles. The van der Waals surface area contributed by atoms with E-state index in [0.29, 0.717) is 0 Å². The number of hydrogen-bond acceptors (Lipinski definition) is 4. The number of fused-ring (bicyclic) bond motifs is 2. The molecule has 6 heteroatoms. The second-order valence-electron chi connectivity index (χ2n) is 7.45. The van der Waals surface area contributed by atoms with E-state index in [1.165, 1.54) is 5.56 Å². The summed E-state index contributed by atoms with van der Waals surface area (Å²) in [5, 5.41) is 16.9. The number of hydrogen-bond donors (Lipinski definition) is 0. The van der Waals surface area contributed by atoms with E-state index >= 15 is 0 Å². The van der Waals surface area contributed by atoms with Crippen LogP contribution >= 0.6 is 0 Å². The standard InChI is InChI=1S/C23H20N4O2/c1-15-21-22(16-11-13-18(14-12-16)27(28)29)19-9-5-6-10-20(19)24-23(21)26(25-15)17-7-3-2-4-8-17/h2-4,7-8,11-14H,5-6,9-10H2,1H3. The van der Waals surface area contributed by atoms with Gasteiger partial charge in [-0.1, -0.05) is 18.2 Å². The molecule has 1 aliphatic carbocycles. The molecule has 0 bridgehead atoms. The van der Waals surface area contributed by atoms with Crippen LogP contribution in [0.1, 0.15) is 29.8 Å². The highest BCUT2D eigenvalue weighted by Gasteiger charge is 2.24. The van der Waals surface area contributed by atoms with Crippen LogP contribution in [0.5, 0.6) is 0 Å². The first kappa shape index (κ1) is 17.6. The van der Waals surface area contributed by atoms with Crippen molar-refractivity contribution in [2.45, 2.75) is 32.6 Å². The average molecular weight is 384 g/mol. The first-order valence-corrected chi connectivity index (χ1v) is 9.85. The van der Waals surface area contributed by atoms with Crippen LogP contribution in [0.3, 0.4) is 0 Å². The summed E-state index contributed by atoms with van der Waals surface area (Å²) >= 11 is 0. The maximum atomic E-state index is 11.1. The molecular formula is C23H20N4O2. The van der Waals surface area contributed by atoms with Crippen LogP contribution in [0.4, 0.5) is 5.69 Å². The van der Waals surface area contributed by atoms with Gasteiger partial charge in [-0.25, -0.2) is 9.67 Å². The normalized spacial score (nSPS) is 13.4. The van der Waals surface area contributed by atoms with E-state index in [0.717, 1.165) is 64.9 Å². The smallest absolute Gasteiger partial charge is 0.258 e. The number of nitrogens with zero attached hydrogens (tertiary/aromatic N) is 4. The SMILES string of the molecule is Cc1nn(-c2ccccc2)c2nc3c(c(-c4ccc([N+](=O)[O-])cc4)c12)CCCC3. The summed E-state index contributed by atoms with van der Waals surface area (Å²) in [5.74, 6) is 0. The fraction of sp³-hybridized carbons (Fsp3) is 0.217. The second-order valence-corrected chi connectivity index (χ2v) is 7.45. The van der Waals surface area contributed by atoms with Crippen molar-refractivity contribution >= 4 is 16.7 Å². The summed E-state index contributed by atoms with van der Waals surface area (Å²) in [5.41, 5.74) is 7.33. The summed E-state index contributed by atoms with van der Waals surface area (Å²) in [6.07, 6.45) is 4.18. The quantitative estimate of drug-likeness (QED) is 0.360. The average Bonchev–Trinajstić information content (AvgIpc) is 3.09. The van der Waals surface area contributed by atoms with Crippen molar-refractivity contribution in [1.29, 1.82) is 0 Å². The maximum Gasteiger partial charge on any atom is 0.269 e. The zero-order valence-electron chi connectivity index (χ0n) is 16.1. The fourth-order valence-electron chi connectivity index (χ4n) is 4.29. The van der Waals surface area contributed by atoms with Crippen molar-refractivity contribution in [3.63, 3.8) is 0 Å². The molecule has 0 saturated heterocycles. The second kappa shape index (κ2) is 6.81. The van der Waals surface area contributed by atoms with E-state index in [9.17, 15) is 10.1 Å². The van der Waals surface area contributed by atoms with Crippen molar-refractivity contribution in [3.8, 4) is 16.8 Å². The molecule has 0 aliphatic heterocycles. The lowest BCUT2D eigenvalue weighted by atomic mass is 9.87. The van der Waals surface area contributed by atoms with Gasteiger partial charge in [0.2, 0.25) is 0 Å². The Morgan fingerprint density at radius 1 is 1.00 bits per heavy atom. The summed E-state index contributed by atoms with van der Waals surface area (Å²) < 4.78 is 1.91. The van der Waals surface area contributed by atoms with Gasteiger partial charge >= 0.3 is 0 Å². The number of pyridine rings is 1. The fourth-order valence-corrected chi connectivity index (χ4v) is 4.29. The largest absolute Gasteiger partial charge is 0.269 e. The van der Waals surface area contributed by atoms with Gasteiger partial charge in [0.1, 0.15) is 0 Å². The van der Waals surface area contributed by atoms with E-state index in [4.69, 9.17) is 10.1 Å². The number of rotatable bonds is 3. The molecule has 29 heavy (non-hydrogen) atoms. The Morgan fingerprint density at radius 3 is 2.45 bits per heavy atom. The molecule has 0 amide bonds. The number of aromatic nitrogens is 3. The van der Waals surface area contributed by atoms with Crippen LogP contribution in [0.15, 0.2) is 54.6 Å². The number of non-ortho nitro benzene ring substituents is 1. The Hall–Kier alpha value is -3.54. The minimum absolute atomic E-state index is 0.102. The molecule has 2 aromatic heterocycles. The molecule has 0 fully saturated rings. The predicted molar refractivity (Wildman–Crippen MR) is 112 cm³/mol. The molecule has 2 heterocycles. The van der Waals surface area contributed by atoms with Crippen LogP contribution in [0.25, 0.3) is 27.8 Å². The Balaban J connectivity index is 1.82. The molecule has 0 unspecified atom stereocenters. The maximum absolute atomic E-state index is 11.1. The lowest BCUT2D eigenvalue weighted by molar-refractivity contribution is -0.384. The summed E-state index contributed by atoms with van der Waals surface area (Å²) in [6, 6.07) is 16.9. The number of aryl methyl sites for hydroxylation is 2. The Morgan fingerprint density at radius 2 is 1.72 bits per heavy atom. The van der Waals surface area contributed by atoms with Crippen LogP contribution in [-0.2, 0) is 12.8 Å². The van der Waals surface area contributed by atoms with Gasteiger partial charge in [0.25, 0.3) is 5.69 Å². The molecule has 0 atom stereocenters. The molecule has 0 N–H and O–H groups in total. The third-order valence-corrected chi connectivity index (χ3v) is 5.63. The van der Waals surface area contributed by atoms with E-state index in [-0.39, 0.29) is 10.6 Å². The van der Waals surface area contributed by atoms with Crippen LogP contribution in [0.2, 0.25) is 0 Å². The van der Waals surface area contributed by atoms with Crippen LogP contribution in [-0.4, -0.2) is 19.7 Å². The van der Waals surface area contributed by atoms with Gasteiger partial charge in [-0.3, -0.25) is 10.1 Å². The van der Waals surface area contributed by atoms with E-state index < -0.39 is 0 Å². The first-order valence-electron chi connectivity index (χ1n) is 9.85. The van der Waals surface area contributed by atoms with Crippen molar-refractivity contribution in [3.05, 3.63) is 81.7 Å². The first-order chi connectivity index (χ1) is 14.1. The summed E-state index contributed by atoms with van der Waals surface area (Å²) in [6.45, 7) is 2.01. The highest BCUT2D eigenvalue weighted by Crippen LogP contribution is 2.39. The minimum Gasteiger partial charge on any atom is -0.258 e. The monoisotopic (exact) mass is 384 g/mol. The van der Waals surface area contributed by atoms with Crippen molar-refractivity contribution in [2.75, 3.05) is 0 Å². The van der Waals surface area contributed by atoms with Gasteiger partial charge in [-0.2, -0.15) is 5.10 Å². The number of para-hydroxylation sites is 1. The van der Waals surface area contributed by atoms with Gasteiger partial charge in [0.05, 0.1) is 21.7 Å². The van der Waals surface area contributed by atoms with Crippen molar-refractivity contribution in [1.82, 2.24) is 14.8 Å². The topological polar surface area (TPSA) is 73.8 Å². The van der Waals surface area contributed by atoms with Crippen LogP contribution < -0.4 is 0 Å². The molecule has 1 aliphatic rings. The number of nitro groups is 1. The lowest BCUT2D eigenvalue weighted by Crippen LogP contribution is -2.09. The molecule has 0 saturated carbocycles. The van der Waals surface area contributed by atoms with E-state index in [1.54, 1.807) is 12.1 Å². The van der Waals surface area contributed by atoms with Crippen molar-refractivity contribution < 1.29 is 4.92 Å². The lowest BCUT2D eigenvalue weighted by Gasteiger charge is -2.20. The molecule has 5 rings (SSSR count). The van der Waals surface area contributed by atoms with Gasteiger partial charge in [0.15, 0.2) is 5.65 Å². The summed E-state index contributed by atoms with van der Waals surface area (Å²) in [7, 11) is 0. The van der Waals surface area contributed by atoms with Gasteiger partial charge in [-0.05, 0) is 73.6 Å². The Kier molecular flexibility index (Phi) is 4.12. The predicted octanol–water partition coefficient (Wildman–Crippen LogP) is 5.18. The van der Waals surface area contributed by atoms with Gasteiger partial charge in [-0.15, -0.1) is 0 Å².